The first kappa shape index (κ1) is 12.2. The van der Waals surface area contributed by atoms with Crippen LogP contribution in [0.25, 0.3) is 0 Å². The van der Waals surface area contributed by atoms with Gasteiger partial charge in [-0.1, -0.05) is 13.3 Å². The number of primary amides is 1. The van der Waals surface area contributed by atoms with Crippen LogP contribution in [-0.2, 0) is 11.2 Å². The summed E-state index contributed by atoms with van der Waals surface area (Å²) in [6.07, 6.45) is 1.69. The summed E-state index contributed by atoms with van der Waals surface area (Å²) in [6.45, 7) is 3.47. The van der Waals surface area contributed by atoms with E-state index in [1.165, 1.54) is 6.92 Å². The lowest BCUT2D eigenvalue weighted by Gasteiger charge is -2.09. The summed E-state index contributed by atoms with van der Waals surface area (Å²) in [7, 11) is 0. The van der Waals surface area contributed by atoms with Crippen molar-refractivity contribution >= 4 is 17.5 Å². The minimum absolute atomic E-state index is 0.130. The molecule has 0 unspecified atom stereocenters. The second-order valence-electron chi connectivity index (χ2n) is 3.67. The van der Waals surface area contributed by atoms with Crippen molar-refractivity contribution < 1.29 is 9.59 Å². The second-order valence-corrected chi connectivity index (χ2v) is 3.67. The normalized spacial score (nSPS) is 9.88. The van der Waals surface area contributed by atoms with Gasteiger partial charge in [-0.2, -0.15) is 0 Å². The molecule has 0 saturated heterocycles. The van der Waals surface area contributed by atoms with Crippen molar-refractivity contribution in [3.63, 3.8) is 0 Å². The van der Waals surface area contributed by atoms with Gasteiger partial charge in [0.1, 0.15) is 0 Å². The Hall–Kier alpha value is -1.84. The quantitative estimate of drug-likeness (QED) is 0.810. The summed E-state index contributed by atoms with van der Waals surface area (Å²) >= 11 is 0. The van der Waals surface area contributed by atoms with Gasteiger partial charge in [0.15, 0.2) is 0 Å². The van der Waals surface area contributed by atoms with Gasteiger partial charge < -0.3 is 11.1 Å². The number of rotatable bonds is 4. The van der Waals surface area contributed by atoms with Crippen LogP contribution in [0.4, 0.5) is 5.69 Å². The van der Waals surface area contributed by atoms with Crippen molar-refractivity contribution in [3.8, 4) is 0 Å². The van der Waals surface area contributed by atoms with Gasteiger partial charge in [0.25, 0.3) is 0 Å². The monoisotopic (exact) mass is 220 g/mol. The van der Waals surface area contributed by atoms with E-state index in [-0.39, 0.29) is 5.91 Å². The lowest BCUT2D eigenvalue weighted by atomic mass is 10.0. The minimum atomic E-state index is -0.433. The number of carbonyl (C=O) groups is 2. The third-order valence-corrected chi connectivity index (χ3v) is 2.21. The number of benzene rings is 1. The van der Waals surface area contributed by atoms with Gasteiger partial charge in [-0.3, -0.25) is 9.59 Å². The third-order valence-electron chi connectivity index (χ3n) is 2.21. The summed E-state index contributed by atoms with van der Waals surface area (Å²) in [6, 6.07) is 5.13. The highest BCUT2D eigenvalue weighted by Gasteiger charge is 2.08. The fourth-order valence-electron chi connectivity index (χ4n) is 1.59. The summed E-state index contributed by atoms with van der Waals surface area (Å²) in [5, 5.41) is 2.68. The molecule has 2 amide bonds. The molecule has 1 rings (SSSR count). The van der Waals surface area contributed by atoms with Crippen LogP contribution >= 0.6 is 0 Å². The fraction of sp³-hybridized carbons (Fsp3) is 0.333. The molecule has 0 fully saturated rings. The Morgan fingerprint density at radius 3 is 2.56 bits per heavy atom. The maximum Gasteiger partial charge on any atom is 0.248 e. The zero-order chi connectivity index (χ0) is 12.1. The highest BCUT2D eigenvalue weighted by atomic mass is 16.1. The fourth-order valence-corrected chi connectivity index (χ4v) is 1.59. The zero-order valence-corrected chi connectivity index (χ0v) is 9.54. The van der Waals surface area contributed by atoms with E-state index in [2.05, 4.69) is 5.32 Å². The standard InChI is InChI=1S/C12H16N2O2/c1-3-4-9-7-10(14-8(2)15)5-6-11(9)12(13)16/h5-7H,3-4H2,1-2H3,(H2,13,16)(H,14,15). The number of hydrogen-bond donors (Lipinski definition) is 2. The first-order chi connectivity index (χ1) is 7.54. The van der Waals surface area contributed by atoms with E-state index in [4.69, 9.17) is 5.73 Å². The van der Waals surface area contributed by atoms with Crippen molar-refractivity contribution in [2.75, 3.05) is 5.32 Å². The predicted molar refractivity (Wildman–Crippen MR) is 63.3 cm³/mol. The number of nitrogens with two attached hydrogens (primary N) is 1. The number of amides is 2. The van der Waals surface area contributed by atoms with Crippen molar-refractivity contribution in [1.29, 1.82) is 0 Å². The molecule has 1 aromatic rings. The van der Waals surface area contributed by atoms with Gasteiger partial charge in [-0.15, -0.1) is 0 Å². The maximum atomic E-state index is 11.2. The number of hydrogen-bond acceptors (Lipinski definition) is 2. The Labute approximate surface area is 94.8 Å². The van der Waals surface area contributed by atoms with Gasteiger partial charge >= 0.3 is 0 Å². The molecule has 16 heavy (non-hydrogen) atoms. The van der Waals surface area contributed by atoms with Crippen molar-refractivity contribution in [1.82, 2.24) is 0 Å². The molecular formula is C12H16N2O2. The molecule has 0 aliphatic carbocycles. The largest absolute Gasteiger partial charge is 0.366 e. The van der Waals surface area contributed by atoms with Gasteiger partial charge in [0.2, 0.25) is 11.8 Å². The van der Waals surface area contributed by atoms with Crippen molar-refractivity contribution in [3.05, 3.63) is 29.3 Å². The summed E-state index contributed by atoms with van der Waals surface area (Å²) in [4.78, 5) is 22.1. The van der Waals surface area contributed by atoms with Crippen LogP contribution in [0.2, 0.25) is 0 Å². The molecule has 86 valence electrons. The van der Waals surface area contributed by atoms with Crippen LogP contribution in [0.15, 0.2) is 18.2 Å². The molecule has 0 bridgehead atoms. The second kappa shape index (κ2) is 5.30. The summed E-state index contributed by atoms with van der Waals surface area (Å²) < 4.78 is 0. The Bertz CT molecular complexity index is 413. The van der Waals surface area contributed by atoms with Crippen molar-refractivity contribution in [2.24, 2.45) is 5.73 Å². The van der Waals surface area contributed by atoms with Crippen LogP contribution in [0.5, 0.6) is 0 Å². The van der Waals surface area contributed by atoms with E-state index in [0.717, 1.165) is 18.4 Å². The van der Waals surface area contributed by atoms with Crippen LogP contribution in [0.1, 0.15) is 36.2 Å². The third kappa shape index (κ3) is 3.08. The molecule has 0 saturated carbocycles. The van der Waals surface area contributed by atoms with E-state index < -0.39 is 5.91 Å². The SMILES string of the molecule is CCCc1cc(NC(C)=O)ccc1C(N)=O. The Kier molecular flexibility index (Phi) is 4.05. The number of anilines is 1. The van der Waals surface area contributed by atoms with Gasteiger partial charge in [-0.25, -0.2) is 0 Å². The Morgan fingerprint density at radius 2 is 2.06 bits per heavy atom. The topological polar surface area (TPSA) is 72.2 Å². The van der Waals surface area contributed by atoms with E-state index in [1.54, 1.807) is 18.2 Å². The molecule has 0 heterocycles. The molecule has 0 aromatic heterocycles. The highest BCUT2D eigenvalue weighted by molar-refractivity contribution is 5.96. The van der Waals surface area contributed by atoms with Gasteiger partial charge in [-0.05, 0) is 30.2 Å². The number of aryl methyl sites for hydroxylation is 1. The molecule has 1 aromatic carbocycles. The lowest BCUT2D eigenvalue weighted by molar-refractivity contribution is -0.114. The number of nitrogens with one attached hydrogen (secondary N) is 1. The van der Waals surface area contributed by atoms with Gasteiger partial charge in [0.05, 0.1) is 0 Å². The molecule has 0 spiro atoms. The summed E-state index contributed by atoms with van der Waals surface area (Å²) in [5.41, 5.74) is 7.37. The molecule has 0 radical (unpaired) electrons. The van der Waals surface area contributed by atoms with Gasteiger partial charge in [0, 0.05) is 18.2 Å². The van der Waals surface area contributed by atoms with Crippen LogP contribution in [0.3, 0.4) is 0 Å². The molecule has 4 heteroatoms. The number of carbonyl (C=O) groups excluding carboxylic acids is 2. The summed E-state index contributed by atoms with van der Waals surface area (Å²) in [5.74, 6) is -0.563. The first-order valence-electron chi connectivity index (χ1n) is 5.25. The molecule has 0 aliphatic rings. The van der Waals surface area contributed by atoms with E-state index in [1.807, 2.05) is 6.92 Å². The van der Waals surface area contributed by atoms with E-state index >= 15 is 0 Å². The van der Waals surface area contributed by atoms with E-state index in [0.29, 0.717) is 11.3 Å². The average molecular weight is 220 g/mol. The Balaban J connectivity index is 3.06. The molecule has 0 aliphatic heterocycles. The Morgan fingerprint density at radius 1 is 1.38 bits per heavy atom. The van der Waals surface area contributed by atoms with Crippen molar-refractivity contribution in [2.45, 2.75) is 26.7 Å². The van der Waals surface area contributed by atoms with E-state index in [9.17, 15) is 9.59 Å². The molecular weight excluding hydrogens is 204 g/mol. The average Bonchev–Trinajstić information content (AvgIpc) is 2.17. The van der Waals surface area contributed by atoms with Crippen LogP contribution in [0, 0.1) is 0 Å². The maximum absolute atomic E-state index is 11.2. The predicted octanol–water partition coefficient (Wildman–Crippen LogP) is 1.70. The first-order valence-corrected chi connectivity index (χ1v) is 5.25. The molecule has 3 N–H and O–H groups in total. The zero-order valence-electron chi connectivity index (χ0n) is 9.54. The van der Waals surface area contributed by atoms with Crippen LogP contribution in [-0.4, -0.2) is 11.8 Å². The smallest absolute Gasteiger partial charge is 0.248 e. The molecule has 0 atom stereocenters. The molecule has 4 nitrogen and oxygen atoms in total. The minimum Gasteiger partial charge on any atom is -0.366 e. The van der Waals surface area contributed by atoms with Crippen LogP contribution < -0.4 is 11.1 Å². The highest BCUT2D eigenvalue weighted by Crippen LogP contribution is 2.17. The lowest BCUT2D eigenvalue weighted by Crippen LogP contribution is -2.14.